The van der Waals surface area contributed by atoms with E-state index in [0.717, 1.165) is 20.8 Å². The number of ether oxygens (including phenoxy) is 13. The molecular formula is C48H81N3O36. The van der Waals surface area contributed by atoms with Crippen LogP contribution in [0.25, 0.3) is 0 Å². The zero-order valence-electron chi connectivity index (χ0n) is 46.6. The molecule has 0 saturated carbocycles. The number of carbonyl (C=O) groups is 3. The molecule has 0 spiro atoms. The lowest BCUT2D eigenvalue weighted by atomic mass is 9.93. The second-order valence-corrected chi connectivity index (χ2v) is 21.8. The average molecular weight is 1280 g/mol. The van der Waals surface area contributed by atoms with Gasteiger partial charge in [-0.2, -0.15) is 0 Å². The zero-order valence-corrected chi connectivity index (χ0v) is 46.6. The number of carbonyl (C=O) groups excluding carboxylic acids is 3. The molecule has 0 bridgehead atoms. The highest BCUT2D eigenvalue weighted by atomic mass is 16.8. The van der Waals surface area contributed by atoms with Crippen molar-refractivity contribution in [3.05, 3.63) is 0 Å². The van der Waals surface area contributed by atoms with E-state index in [2.05, 4.69) is 16.0 Å². The summed E-state index contributed by atoms with van der Waals surface area (Å²) in [5.74, 6) is -2.68. The van der Waals surface area contributed by atoms with E-state index in [0.29, 0.717) is 0 Å². The molecule has 0 aliphatic carbocycles. The monoisotopic (exact) mass is 1280 g/mol. The Morgan fingerprint density at radius 1 is 0.276 bits per heavy atom. The number of aliphatic hydroxyl groups is 20. The maximum Gasteiger partial charge on any atom is 0.217 e. The number of aliphatic hydroxyl groups excluding tert-OH is 20. The molecule has 7 fully saturated rings. The van der Waals surface area contributed by atoms with Crippen molar-refractivity contribution in [1.82, 2.24) is 16.0 Å². The molecule has 87 heavy (non-hydrogen) atoms. The Hall–Kier alpha value is -2.91. The third-order valence-corrected chi connectivity index (χ3v) is 15.7. The number of hydrogen-bond donors (Lipinski definition) is 23. The molecule has 3 amide bonds. The molecule has 504 valence electrons. The van der Waals surface area contributed by atoms with E-state index in [1.807, 2.05) is 0 Å². The van der Waals surface area contributed by atoms with Crippen LogP contribution in [-0.2, 0) is 76.0 Å². The van der Waals surface area contributed by atoms with Gasteiger partial charge < -0.3 is 180 Å². The molecule has 35 atom stereocenters. The predicted molar refractivity (Wildman–Crippen MR) is 267 cm³/mol. The van der Waals surface area contributed by atoms with Crippen LogP contribution in [0.5, 0.6) is 0 Å². The smallest absolute Gasteiger partial charge is 0.217 e. The minimum atomic E-state index is -2.47. The van der Waals surface area contributed by atoms with Crippen molar-refractivity contribution in [3.8, 4) is 0 Å². The van der Waals surface area contributed by atoms with Gasteiger partial charge in [-0.1, -0.05) is 0 Å². The summed E-state index contributed by atoms with van der Waals surface area (Å²) in [5.41, 5.74) is 0. The highest BCUT2D eigenvalue weighted by Crippen LogP contribution is 2.39. The van der Waals surface area contributed by atoms with Crippen molar-refractivity contribution in [2.75, 3.05) is 46.2 Å². The van der Waals surface area contributed by atoms with Gasteiger partial charge >= 0.3 is 0 Å². The Kier molecular flexibility index (Phi) is 25.6. The lowest BCUT2D eigenvalue weighted by Gasteiger charge is -2.52. The summed E-state index contributed by atoms with van der Waals surface area (Å²) in [6.07, 6.45) is -64.2. The van der Waals surface area contributed by atoms with Crippen molar-refractivity contribution >= 4 is 17.7 Å². The van der Waals surface area contributed by atoms with Crippen LogP contribution in [0, 0.1) is 0 Å². The molecular weight excluding hydrogens is 1190 g/mol. The second-order valence-electron chi connectivity index (χ2n) is 21.8. The summed E-state index contributed by atoms with van der Waals surface area (Å²) < 4.78 is 76.5. The fourth-order valence-corrected chi connectivity index (χ4v) is 11.2. The normalized spacial score (nSPS) is 48.9. The molecule has 23 N–H and O–H groups in total. The van der Waals surface area contributed by atoms with Gasteiger partial charge in [-0.25, -0.2) is 0 Å². The van der Waals surface area contributed by atoms with Crippen LogP contribution in [0.4, 0.5) is 0 Å². The molecule has 7 heterocycles. The van der Waals surface area contributed by atoms with Crippen LogP contribution in [0.15, 0.2) is 0 Å². The summed E-state index contributed by atoms with van der Waals surface area (Å²) >= 11 is 0. The van der Waals surface area contributed by atoms with E-state index >= 15 is 0 Å². The number of rotatable bonds is 22. The van der Waals surface area contributed by atoms with E-state index in [4.69, 9.17) is 61.6 Å². The Morgan fingerprint density at radius 3 is 1.00 bits per heavy atom. The average Bonchev–Trinajstić information content (AvgIpc) is 0.999. The van der Waals surface area contributed by atoms with Gasteiger partial charge in [0.1, 0.15) is 171 Å². The van der Waals surface area contributed by atoms with Crippen molar-refractivity contribution in [3.63, 3.8) is 0 Å². The summed E-state index contributed by atoms with van der Waals surface area (Å²) in [7, 11) is 0. The molecule has 7 aliphatic rings. The molecule has 7 aliphatic heterocycles. The minimum Gasteiger partial charge on any atom is -0.394 e. The fraction of sp³-hybridized carbons (Fsp3) is 0.938. The van der Waals surface area contributed by atoms with Crippen LogP contribution in [0.1, 0.15) is 20.8 Å². The third-order valence-electron chi connectivity index (χ3n) is 15.7. The lowest BCUT2D eigenvalue weighted by molar-refractivity contribution is -0.400. The van der Waals surface area contributed by atoms with Crippen LogP contribution in [-0.4, -0.2) is 381 Å². The van der Waals surface area contributed by atoms with Gasteiger partial charge in [-0.15, -0.1) is 0 Å². The fourth-order valence-electron chi connectivity index (χ4n) is 11.2. The molecule has 0 radical (unpaired) electrons. The second kappa shape index (κ2) is 31.1. The summed E-state index contributed by atoms with van der Waals surface area (Å²) in [6, 6.07) is -5.51. The molecule has 0 aromatic rings. The van der Waals surface area contributed by atoms with E-state index in [9.17, 15) is 117 Å². The van der Waals surface area contributed by atoms with E-state index in [1.165, 1.54) is 0 Å². The Bertz CT molecular complexity index is 2180. The molecule has 39 nitrogen and oxygen atoms in total. The van der Waals surface area contributed by atoms with E-state index in [-0.39, 0.29) is 0 Å². The Balaban J connectivity index is 1.28. The quantitative estimate of drug-likeness (QED) is 0.0479. The van der Waals surface area contributed by atoms with Crippen LogP contribution in [0.3, 0.4) is 0 Å². The SMILES string of the molecule is CC(=O)N[C@@H]1[C@H](O[C@@H]2[C@@H](O)[C@@H](O[C@@H]3[C@@H](O)[C@@H](O)[C@H](O[C@H]4[C@H](O)[C@@H](O)[C@H](O)O[C@@H]4CO)O[C@@H]3CO)O[C@H](CO)[C@@H]2O[C@@H]2O[C@H](CO)[C@H](O)[C@H](O[C@@H]3O[C@H](CO)[C@H](O)[C@H](O)[C@H]3O)[C@H]2NC(C)=O)O[C@H](CO)[C@H](O)[C@@H]1O[C@@H]1O[C@H](CO)[C@H](O)[C@H](O)[C@H]1NC(C)=O. The summed E-state index contributed by atoms with van der Waals surface area (Å²) in [5, 5.41) is 224. The predicted octanol–water partition coefficient (Wildman–Crippen LogP) is -15.8. The molecule has 39 heteroatoms. The van der Waals surface area contributed by atoms with Crippen molar-refractivity contribution in [2.24, 2.45) is 0 Å². The van der Waals surface area contributed by atoms with Crippen LogP contribution in [0.2, 0.25) is 0 Å². The molecule has 7 rings (SSSR count). The minimum absolute atomic E-state index is 0.816. The topological polar surface area (TPSA) is 612 Å². The van der Waals surface area contributed by atoms with Gasteiger partial charge in [0.05, 0.1) is 46.2 Å². The first-order chi connectivity index (χ1) is 41.2. The van der Waals surface area contributed by atoms with Gasteiger partial charge in [-0.05, 0) is 0 Å². The number of hydrogen-bond acceptors (Lipinski definition) is 36. The Morgan fingerprint density at radius 2 is 0.563 bits per heavy atom. The van der Waals surface area contributed by atoms with Gasteiger partial charge in [0, 0.05) is 20.8 Å². The third kappa shape index (κ3) is 15.6. The number of nitrogens with one attached hydrogen (secondary N) is 3. The van der Waals surface area contributed by atoms with Crippen molar-refractivity contribution in [2.45, 2.75) is 236 Å². The largest absolute Gasteiger partial charge is 0.394 e. The van der Waals surface area contributed by atoms with Crippen LogP contribution < -0.4 is 16.0 Å². The highest BCUT2D eigenvalue weighted by molar-refractivity contribution is 5.74. The first-order valence-electron chi connectivity index (χ1n) is 27.6. The highest BCUT2D eigenvalue weighted by Gasteiger charge is 2.60. The van der Waals surface area contributed by atoms with E-state index < -0.39 is 279 Å². The Labute approximate surface area is 492 Å². The lowest BCUT2D eigenvalue weighted by Crippen LogP contribution is -2.72. The van der Waals surface area contributed by atoms with Gasteiger partial charge in [0.25, 0.3) is 0 Å². The summed E-state index contributed by atoms with van der Waals surface area (Å²) in [6.45, 7) is -4.47. The number of amides is 3. The molecule has 0 aromatic heterocycles. The standard InChI is InChI=1S/C48H81N3O36/c1-11(59)49-21-28(66)24(62)14(4-52)76-43(21)85-39-22(50-12(2)60)45(78-16(6-54)26(39)64)87-41-35(73)48(83-37-19(9-57)80-47(34(72)31(37)69)82-36-18(8-56)75-42(74)32(70)30(36)68)81-20(10-58)38(41)84-44-23(51-13(3)61)40(27(65)17(7-55)77-44)86-46-33(71)29(67)25(63)15(5-53)79-46/h14-48,52-58,62-74H,4-10H2,1-3H3,(H,49,59)(H,50,60)(H,51,61)/t14-,15-,16-,17-,18-,19-,20-,21-,22+,23-,24+,25+,26+,27+,28-,29+,30-,31+,32-,33-,34-,35-,36-,37+,38+,39-,40-,41-,42-,43+,44+,45+,46+,47+,48-/m1/s1. The first-order valence-corrected chi connectivity index (χ1v) is 27.6. The van der Waals surface area contributed by atoms with Crippen molar-refractivity contribution < 1.29 is 178 Å². The molecule has 0 aromatic carbocycles. The zero-order chi connectivity index (χ0) is 64.2. The molecule has 0 unspecified atom stereocenters. The van der Waals surface area contributed by atoms with Gasteiger partial charge in [-0.3, -0.25) is 14.4 Å². The maximum atomic E-state index is 13.2. The molecule has 7 saturated heterocycles. The van der Waals surface area contributed by atoms with E-state index in [1.54, 1.807) is 0 Å². The maximum absolute atomic E-state index is 13.2. The van der Waals surface area contributed by atoms with Crippen molar-refractivity contribution in [1.29, 1.82) is 0 Å². The van der Waals surface area contributed by atoms with Crippen LogP contribution >= 0.6 is 0 Å². The van der Waals surface area contributed by atoms with Gasteiger partial charge in [0.15, 0.2) is 44.0 Å². The van der Waals surface area contributed by atoms with Gasteiger partial charge in [0.2, 0.25) is 17.7 Å². The summed E-state index contributed by atoms with van der Waals surface area (Å²) in [4.78, 5) is 38.6. The first kappa shape index (κ1) is 71.5.